The fourth-order valence-electron chi connectivity index (χ4n) is 1.02. The molecule has 1 aromatic carbocycles. The van der Waals surface area contributed by atoms with E-state index in [9.17, 15) is 9.18 Å². The van der Waals surface area contributed by atoms with E-state index in [1.807, 2.05) is 13.8 Å². The van der Waals surface area contributed by atoms with Crippen LogP contribution < -0.4 is 10.2 Å². The Hall–Kier alpha value is -1.62. The Morgan fingerprint density at radius 1 is 1.47 bits per heavy atom. The summed E-state index contributed by atoms with van der Waals surface area (Å²) in [5.41, 5.74) is 2.24. The maximum absolute atomic E-state index is 12.8. The van der Waals surface area contributed by atoms with E-state index in [-0.39, 0.29) is 6.61 Å². The molecule has 1 amide bonds. The van der Waals surface area contributed by atoms with Gasteiger partial charge in [-0.05, 0) is 18.1 Å². The fourth-order valence-corrected chi connectivity index (χ4v) is 1.02. The number of hydrogen-bond acceptors (Lipinski definition) is 3. The minimum atomic E-state index is -0.407. The molecule has 1 rings (SSSR count). The molecule has 0 aliphatic rings. The quantitative estimate of drug-likeness (QED) is 0.774. The zero-order valence-electron chi connectivity index (χ0n) is 9.90. The first-order valence-corrected chi connectivity index (χ1v) is 5.37. The number of halogens is 1. The Morgan fingerprint density at radius 2 is 2.24 bits per heavy atom. The highest BCUT2D eigenvalue weighted by atomic mass is 19.1. The van der Waals surface area contributed by atoms with Gasteiger partial charge >= 0.3 is 0 Å². The van der Waals surface area contributed by atoms with E-state index in [0.29, 0.717) is 18.3 Å². The number of benzene rings is 1. The smallest absolute Gasteiger partial charge is 0.281 e. The van der Waals surface area contributed by atoms with Crippen molar-refractivity contribution < 1.29 is 18.8 Å². The average molecular weight is 241 g/mol. The number of rotatable bonds is 6. The molecule has 0 unspecified atom stereocenters. The van der Waals surface area contributed by atoms with Crippen LogP contribution in [0.1, 0.15) is 13.8 Å². The molecule has 0 radical (unpaired) electrons. The first kappa shape index (κ1) is 13.4. The topological polar surface area (TPSA) is 47.6 Å². The Kier molecular flexibility index (Phi) is 5.42. The van der Waals surface area contributed by atoms with Gasteiger partial charge in [-0.1, -0.05) is 19.9 Å². The van der Waals surface area contributed by atoms with Crippen molar-refractivity contribution in [3.05, 3.63) is 30.1 Å². The second kappa shape index (κ2) is 6.85. The van der Waals surface area contributed by atoms with Gasteiger partial charge in [-0.25, -0.2) is 9.87 Å². The van der Waals surface area contributed by atoms with Crippen LogP contribution in [0.15, 0.2) is 24.3 Å². The first-order valence-electron chi connectivity index (χ1n) is 5.37. The van der Waals surface area contributed by atoms with E-state index >= 15 is 0 Å². The number of nitrogens with one attached hydrogen (secondary N) is 1. The Balaban J connectivity index is 2.24. The SMILES string of the molecule is CC(C)CONC(=O)COc1cccc(F)c1. The maximum Gasteiger partial charge on any atom is 0.281 e. The highest BCUT2D eigenvalue weighted by molar-refractivity contribution is 5.76. The minimum Gasteiger partial charge on any atom is -0.484 e. The monoisotopic (exact) mass is 241 g/mol. The Labute approximate surface area is 99.7 Å². The third-order valence-electron chi connectivity index (χ3n) is 1.77. The summed E-state index contributed by atoms with van der Waals surface area (Å²) >= 11 is 0. The van der Waals surface area contributed by atoms with E-state index in [1.165, 1.54) is 18.2 Å². The third-order valence-corrected chi connectivity index (χ3v) is 1.77. The standard InChI is InChI=1S/C12H16FNO3/c1-9(2)7-17-14-12(15)8-16-11-5-3-4-10(13)6-11/h3-6,9H,7-8H2,1-2H3,(H,14,15). The van der Waals surface area contributed by atoms with E-state index in [2.05, 4.69) is 5.48 Å². The van der Waals surface area contributed by atoms with Crippen molar-refractivity contribution in [2.24, 2.45) is 5.92 Å². The maximum atomic E-state index is 12.8. The van der Waals surface area contributed by atoms with E-state index < -0.39 is 11.7 Å². The molecule has 0 fully saturated rings. The summed E-state index contributed by atoms with van der Waals surface area (Å²) in [6.07, 6.45) is 0. The van der Waals surface area contributed by atoms with Crippen molar-refractivity contribution in [3.63, 3.8) is 0 Å². The molecule has 1 N–H and O–H groups in total. The second-order valence-corrected chi connectivity index (χ2v) is 3.98. The van der Waals surface area contributed by atoms with Gasteiger partial charge in [0.2, 0.25) is 0 Å². The normalized spacial score (nSPS) is 10.4. The van der Waals surface area contributed by atoms with Crippen LogP contribution >= 0.6 is 0 Å². The summed E-state index contributed by atoms with van der Waals surface area (Å²) in [6.45, 7) is 4.16. The largest absolute Gasteiger partial charge is 0.484 e. The van der Waals surface area contributed by atoms with Gasteiger partial charge in [0, 0.05) is 6.07 Å². The predicted molar refractivity (Wildman–Crippen MR) is 60.8 cm³/mol. The van der Waals surface area contributed by atoms with Crippen LogP contribution in [0.3, 0.4) is 0 Å². The number of ether oxygens (including phenoxy) is 1. The zero-order chi connectivity index (χ0) is 12.7. The zero-order valence-corrected chi connectivity index (χ0v) is 9.90. The fraction of sp³-hybridized carbons (Fsp3) is 0.417. The summed E-state index contributed by atoms with van der Waals surface area (Å²) in [4.78, 5) is 16.1. The lowest BCUT2D eigenvalue weighted by Crippen LogP contribution is -2.30. The highest BCUT2D eigenvalue weighted by Crippen LogP contribution is 2.11. The molecule has 17 heavy (non-hydrogen) atoms. The van der Waals surface area contributed by atoms with Gasteiger partial charge in [0.25, 0.3) is 5.91 Å². The van der Waals surface area contributed by atoms with E-state index in [4.69, 9.17) is 9.57 Å². The summed E-state index contributed by atoms with van der Waals surface area (Å²) < 4.78 is 17.9. The molecule has 1 aromatic rings. The van der Waals surface area contributed by atoms with E-state index in [0.717, 1.165) is 0 Å². The van der Waals surface area contributed by atoms with Crippen molar-refractivity contribution in [1.82, 2.24) is 5.48 Å². The van der Waals surface area contributed by atoms with Crippen LogP contribution in [0.4, 0.5) is 4.39 Å². The number of hydrogen-bond donors (Lipinski definition) is 1. The van der Waals surface area contributed by atoms with Crippen molar-refractivity contribution in [2.75, 3.05) is 13.2 Å². The molecule has 4 nitrogen and oxygen atoms in total. The predicted octanol–water partition coefficient (Wildman–Crippen LogP) is 1.91. The molecule has 0 saturated heterocycles. The lowest BCUT2D eigenvalue weighted by atomic mass is 10.2. The molecule has 0 aliphatic heterocycles. The molecular formula is C12H16FNO3. The summed E-state index contributed by atoms with van der Waals surface area (Å²) in [5.74, 6) is -0.169. The van der Waals surface area contributed by atoms with Gasteiger partial charge in [0.15, 0.2) is 6.61 Å². The van der Waals surface area contributed by atoms with Crippen molar-refractivity contribution in [1.29, 1.82) is 0 Å². The molecule has 5 heteroatoms. The summed E-state index contributed by atoms with van der Waals surface area (Å²) in [6, 6.07) is 5.60. The van der Waals surface area contributed by atoms with Gasteiger partial charge in [-0.2, -0.15) is 0 Å². The minimum absolute atomic E-state index is 0.207. The molecule has 0 saturated carbocycles. The van der Waals surface area contributed by atoms with Crippen LogP contribution in [0.5, 0.6) is 5.75 Å². The first-order chi connectivity index (χ1) is 8.08. The molecule has 0 bridgehead atoms. The third kappa shape index (κ3) is 5.87. The summed E-state index contributed by atoms with van der Waals surface area (Å²) in [7, 11) is 0. The average Bonchev–Trinajstić information content (AvgIpc) is 2.26. The molecule has 0 heterocycles. The number of carbonyl (C=O) groups is 1. The van der Waals surface area contributed by atoms with Gasteiger partial charge in [0.1, 0.15) is 11.6 Å². The highest BCUT2D eigenvalue weighted by Gasteiger charge is 2.03. The van der Waals surface area contributed by atoms with Crippen LogP contribution in [-0.2, 0) is 9.63 Å². The number of hydroxylamine groups is 1. The molecule has 0 spiro atoms. The molecular weight excluding hydrogens is 225 g/mol. The second-order valence-electron chi connectivity index (χ2n) is 3.98. The lowest BCUT2D eigenvalue weighted by molar-refractivity contribution is -0.136. The Morgan fingerprint density at radius 3 is 2.88 bits per heavy atom. The Bertz CT molecular complexity index is 369. The molecule has 0 atom stereocenters. The van der Waals surface area contributed by atoms with E-state index in [1.54, 1.807) is 6.07 Å². The molecule has 94 valence electrons. The lowest BCUT2D eigenvalue weighted by Gasteiger charge is -2.08. The molecule has 0 aromatic heterocycles. The van der Waals surface area contributed by atoms with Gasteiger partial charge in [0.05, 0.1) is 6.61 Å². The van der Waals surface area contributed by atoms with Crippen LogP contribution in [0.2, 0.25) is 0 Å². The van der Waals surface area contributed by atoms with Gasteiger partial charge in [-0.15, -0.1) is 0 Å². The van der Waals surface area contributed by atoms with Gasteiger partial charge in [-0.3, -0.25) is 9.63 Å². The van der Waals surface area contributed by atoms with Crippen LogP contribution in [0.25, 0.3) is 0 Å². The van der Waals surface area contributed by atoms with Crippen LogP contribution in [0, 0.1) is 11.7 Å². The number of carbonyl (C=O) groups excluding carboxylic acids is 1. The van der Waals surface area contributed by atoms with Crippen molar-refractivity contribution in [2.45, 2.75) is 13.8 Å². The summed E-state index contributed by atoms with van der Waals surface area (Å²) in [5, 5.41) is 0. The van der Waals surface area contributed by atoms with Crippen LogP contribution in [-0.4, -0.2) is 19.1 Å². The van der Waals surface area contributed by atoms with Crippen molar-refractivity contribution in [3.8, 4) is 5.75 Å². The number of amides is 1. The molecule has 0 aliphatic carbocycles. The van der Waals surface area contributed by atoms with Crippen molar-refractivity contribution >= 4 is 5.91 Å². The van der Waals surface area contributed by atoms with Gasteiger partial charge < -0.3 is 4.74 Å².